The Kier molecular flexibility index (Phi) is 5.48. The first-order chi connectivity index (χ1) is 13.3. The number of anilines is 2. The maximum Gasteiger partial charge on any atom is 0.262 e. The number of rotatable bonds is 6. The van der Waals surface area contributed by atoms with E-state index in [2.05, 4.69) is 4.72 Å². The topological polar surface area (TPSA) is 102 Å². The number of carbonyl (C=O) groups excluding carboxylic acids is 2. The molecule has 2 aromatic rings. The molecule has 1 aliphatic heterocycles. The summed E-state index contributed by atoms with van der Waals surface area (Å²) in [5.74, 6) is -0.116. The second kappa shape index (κ2) is 7.69. The van der Waals surface area contributed by atoms with Crippen LogP contribution in [0.5, 0.6) is 11.5 Å². The maximum atomic E-state index is 12.7. The zero-order chi connectivity index (χ0) is 20.5. The van der Waals surface area contributed by atoms with Crippen molar-refractivity contribution in [3.63, 3.8) is 0 Å². The average molecular weight is 425 g/mol. The van der Waals surface area contributed by atoms with Gasteiger partial charge in [-0.3, -0.25) is 19.2 Å². The van der Waals surface area contributed by atoms with E-state index in [9.17, 15) is 18.0 Å². The van der Waals surface area contributed by atoms with E-state index in [1.54, 1.807) is 0 Å². The van der Waals surface area contributed by atoms with Crippen LogP contribution in [-0.4, -0.2) is 34.5 Å². The van der Waals surface area contributed by atoms with Crippen LogP contribution in [-0.2, 0) is 19.6 Å². The number of imide groups is 1. The van der Waals surface area contributed by atoms with Crippen LogP contribution >= 0.6 is 11.6 Å². The molecule has 2 amide bonds. The average Bonchev–Trinajstić information content (AvgIpc) is 3.01. The van der Waals surface area contributed by atoms with Crippen molar-refractivity contribution in [2.75, 3.05) is 23.8 Å². The van der Waals surface area contributed by atoms with Crippen LogP contribution in [0.1, 0.15) is 12.8 Å². The Hall–Kier alpha value is -2.78. The molecule has 1 fully saturated rings. The van der Waals surface area contributed by atoms with Crippen LogP contribution in [0, 0.1) is 0 Å². The van der Waals surface area contributed by atoms with E-state index >= 15 is 0 Å². The van der Waals surface area contributed by atoms with E-state index in [1.807, 2.05) is 0 Å². The third-order valence-electron chi connectivity index (χ3n) is 4.17. The van der Waals surface area contributed by atoms with Crippen molar-refractivity contribution in [1.82, 2.24) is 0 Å². The monoisotopic (exact) mass is 424 g/mol. The van der Waals surface area contributed by atoms with E-state index in [1.165, 1.54) is 50.6 Å². The quantitative estimate of drug-likeness (QED) is 0.715. The first-order valence-corrected chi connectivity index (χ1v) is 10.0. The minimum atomic E-state index is -3.97. The fourth-order valence-corrected chi connectivity index (χ4v) is 4.07. The fourth-order valence-electron chi connectivity index (χ4n) is 2.78. The number of hydrogen-bond acceptors (Lipinski definition) is 6. The van der Waals surface area contributed by atoms with Crippen LogP contribution in [0.2, 0.25) is 5.02 Å². The van der Waals surface area contributed by atoms with Crippen molar-refractivity contribution in [1.29, 1.82) is 0 Å². The summed E-state index contributed by atoms with van der Waals surface area (Å²) in [6.07, 6.45) is 0.303. The molecule has 1 N–H and O–H groups in total. The highest BCUT2D eigenvalue weighted by molar-refractivity contribution is 7.92. The Bertz CT molecular complexity index is 1020. The number of nitrogens with zero attached hydrogens (tertiary/aromatic N) is 1. The lowest BCUT2D eigenvalue weighted by molar-refractivity contribution is -0.121. The highest BCUT2D eigenvalue weighted by Crippen LogP contribution is 2.37. The highest BCUT2D eigenvalue weighted by Gasteiger charge is 2.30. The van der Waals surface area contributed by atoms with Crippen LogP contribution < -0.4 is 19.1 Å². The molecule has 0 unspecified atom stereocenters. The zero-order valence-corrected chi connectivity index (χ0v) is 16.6. The number of nitrogens with one attached hydrogen (secondary N) is 1. The third kappa shape index (κ3) is 3.76. The molecule has 1 heterocycles. The summed E-state index contributed by atoms with van der Waals surface area (Å²) in [6.45, 7) is 0. The van der Waals surface area contributed by atoms with Crippen LogP contribution in [0.3, 0.4) is 0 Å². The lowest BCUT2D eigenvalue weighted by Crippen LogP contribution is -2.28. The molecule has 0 saturated carbocycles. The number of halogens is 1. The van der Waals surface area contributed by atoms with Crippen molar-refractivity contribution < 1.29 is 27.5 Å². The molecule has 1 saturated heterocycles. The van der Waals surface area contributed by atoms with Crippen LogP contribution in [0.25, 0.3) is 0 Å². The van der Waals surface area contributed by atoms with Gasteiger partial charge in [-0.05, 0) is 24.3 Å². The minimum absolute atomic E-state index is 0.0497. The van der Waals surface area contributed by atoms with Gasteiger partial charge in [-0.1, -0.05) is 11.6 Å². The second-order valence-electron chi connectivity index (χ2n) is 5.91. The molecule has 0 spiro atoms. The molecule has 2 aromatic carbocycles. The number of carbonyl (C=O) groups is 2. The molecule has 10 heteroatoms. The predicted octanol–water partition coefficient (Wildman–Crippen LogP) is 2.81. The van der Waals surface area contributed by atoms with Gasteiger partial charge in [0, 0.05) is 25.0 Å². The van der Waals surface area contributed by atoms with Gasteiger partial charge in [0.2, 0.25) is 11.8 Å². The third-order valence-corrected chi connectivity index (χ3v) is 5.85. The van der Waals surface area contributed by atoms with Crippen molar-refractivity contribution in [2.45, 2.75) is 17.7 Å². The predicted molar refractivity (Wildman–Crippen MR) is 104 cm³/mol. The first-order valence-electron chi connectivity index (χ1n) is 8.17. The number of methoxy groups -OCH3 is 2. The van der Waals surface area contributed by atoms with E-state index in [0.717, 1.165) is 4.90 Å². The van der Waals surface area contributed by atoms with Crippen molar-refractivity contribution in [3.05, 3.63) is 41.4 Å². The van der Waals surface area contributed by atoms with Gasteiger partial charge < -0.3 is 9.47 Å². The Morgan fingerprint density at radius 2 is 1.54 bits per heavy atom. The van der Waals surface area contributed by atoms with Crippen molar-refractivity contribution in [2.24, 2.45) is 0 Å². The molecule has 3 rings (SSSR count). The maximum absolute atomic E-state index is 12.7. The molecule has 0 aromatic heterocycles. The minimum Gasteiger partial charge on any atom is -0.495 e. The Morgan fingerprint density at radius 1 is 0.964 bits per heavy atom. The number of amides is 2. The van der Waals surface area contributed by atoms with Gasteiger partial charge >= 0.3 is 0 Å². The molecule has 0 aliphatic carbocycles. The van der Waals surface area contributed by atoms with Gasteiger partial charge in [0.05, 0.1) is 35.5 Å². The van der Waals surface area contributed by atoms with Gasteiger partial charge in [-0.2, -0.15) is 0 Å². The smallest absolute Gasteiger partial charge is 0.262 e. The summed E-state index contributed by atoms with van der Waals surface area (Å²) in [7, 11) is -1.18. The molecular formula is C18H17ClN2O6S. The highest BCUT2D eigenvalue weighted by atomic mass is 35.5. The molecule has 8 nitrogen and oxygen atoms in total. The van der Waals surface area contributed by atoms with Crippen LogP contribution in [0.4, 0.5) is 11.4 Å². The van der Waals surface area contributed by atoms with E-state index in [-0.39, 0.29) is 51.8 Å². The summed E-state index contributed by atoms with van der Waals surface area (Å²) < 4.78 is 38.2. The lowest BCUT2D eigenvalue weighted by atomic mass is 10.3. The molecule has 1 aliphatic rings. The number of benzene rings is 2. The molecule has 0 atom stereocenters. The van der Waals surface area contributed by atoms with Crippen molar-refractivity contribution in [3.8, 4) is 11.5 Å². The molecule has 28 heavy (non-hydrogen) atoms. The Labute approximate surface area is 167 Å². The first kappa shape index (κ1) is 20.0. The molecule has 148 valence electrons. The molecule has 0 bridgehead atoms. The van der Waals surface area contributed by atoms with Gasteiger partial charge in [0.25, 0.3) is 10.0 Å². The Morgan fingerprint density at radius 3 is 2.07 bits per heavy atom. The summed E-state index contributed by atoms with van der Waals surface area (Å²) in [4.78, 5) is 24.6. The van der Waals surface area contributed by atoms with Crippen LogP contribution in [0.15, 0.2) is 41.3 Å². The standard InChI is InChI=1S/C18H17ClN2O6S/c1-26-15-10-14(16(27-2)9-13(15)19)20-28(24,25)12-5-3-11(4-6-12)21-17(22)7-8-18(21)23/h3-6,9-10,20H,7-8H2,1-2H3. The Balaban J connectivity index is 1.90. The van der Waals surface area contributed by atoms with Gasteiger partial charge in [0.1, 0.15) is 11.5 Å². The number of sulfonamides is 1. The summed E-state index contributed by atoms with van der Waals surface area (Å²) in [6, 6.07) is 8.30. The number of ether oxygens (including phenoxy) is 2. The van der Waals surface area contributed by atoms with E-state index in [4.69, 9.17) is 21.1 Å². The SMILES string of the molecule is COc1cc(NS(=O)(=O)c2ccc(N3C(=O)CCC3=O)cc2)c(OC)cc1Cl. The van der Waals surface area contributed by atoms with Gasteiger partial charge in [-0.15, -0.1) is 0 Å². The molecule has 0 radical (unpaired) electrons. The lowest BCUT2D eigenvalue weighted by Gasteiger charge is -2.16. The largest absolute Gasteiger partial charge is 0.495 e. The molecular weight excluding hydrogens is 408 g/mol. The fraction of sp³-hybridized carbons (Fsp3) is 0.222. The van der Waals surface area contributed by atoms with Gasteiger partial charge in [-0.25, -0.2) is 8.42 Å². The normalized spacial score (nSPS) is 14.3. The zero-order valence-electron chi connectivity index (χ0n) is 15.1. The number of hydrogen-bond donors (Lipinski definition) is 1. The van der Waals surface area contributed by atoms with Crippen molar-refractivity contribution >= 4 is 44.8 Å². The summed E-state index contributed by atoms with van der Waals surface area (Å²) >= 11 is 6.03. The van der Waals surface area contributed by atoms with E-state index < -0.39 is 10.0 Å². The van der Waals surface area contributed by atoms with Gasteiger partial charge in [0.15, 0.2) is 0 Å². The summed E-state index contributed by atoms with van der Waals surface area (Å²) in [5.41, 5.74) is 0.481. The second-order valence-corrected chi connectivity index (χ2v) is 8.00. The summed E-state index contributed by atoms with van der Waals surface area (Å²) in [5, 5.41) is 0.270. The van der Waals surface area contributed by atoms with E-state index in [0.29, 0.717) is 5.69 Å².